The minimum absolute atomic E-state index is 0.137. The number of hydrogen-bond donors (Lipinski definition) is 3. The molecule has 146 valence electrons. The molecule has 0 heterocycles. The number of carbonyl (C=O) groups is 2. The molecule has 0 saturated heterocycles. The molecule has 1 unspecified atom stereocenters. The van der Waals surface area contributed by atoms with E-state index in [0.29, 0.717) is 5.56 Å². The zero-order chi connectivity index (χ0) is 20.0. The molecule has 0 aliphatic heterocycles. The summed E-state index contributed by atoms with van der Waals surface area (Å²) in [7, 11) is 0. The Labute approximate surface area is 154 Å². The van der Waals surface area contributed by atoms with Crippen molar-refractivity contribution in [1.29, 1.82) is 0 Å². The van der Waals surface area contributed by atoms with Crippen LogP contribution in [0.4, 0.5) is 0 Å². The third-order valence-electron chi connectivity index (χ3n) is 4.44. The standard InChI is InChI=1S/C19H29NO6/c1-10(2)11(3)18(23)25-12(4)13(5)26-19(24)15(20)8-14-6-7-16(21)17(22)9-14/h6-7,9-13,15,21-22H,8,20H2,1-5H3/t11?,12-,13-,15-/m0/s1. The molecular weight excluding hydrogens is 338 g/mol. The Kier molecular flexibility index (Phi) is 7.89. The van der Waals surface area contributed by atoms with Crippen molar-refractivity contribution in [3.63, 3.8) is 0 Å². The minimum atomic E-state index is -0.945. The maximum Gasteiger partial charge on any atom is 0.323 e. The first-order valence-corrected chi connectivity index (χ1v) is 8.70. The fraction of sp³-hybridized carbons (Fsp3) is 0.579. The Balaban J connectivity index is 2.56. The maximum absolute atomic E-state index is 12.1. The monoisotopic (exact) mass is 367 g/mol. The van der Waals surface area contributed by atoms with Gasteiger partial charge in [-0.1, -0.05) is 26.8 Å². The summed E-state index contributed by atoms with van der Waals surface area (Å²) in [4.78, 5) is 24.1. The van der Waals surface area contributed by atoms with E-state index < -0.39 is 24.2 Å². The lowest BCUT2D eigenvalue weighted by Gasteiger charge is -2.24. The second-order valence-corrected chi connectivity index (χ2v) is 6.95. The molecule has 0 radical (unpaired) electrons. The summed E-state index contributed by atoms with van der Waals surface area (Å²) in [5.74, 6) is -1.59. The Bertz CT molecular complexity index is 630. The summed E-state index contributed by atoms with van der Waals surface area (Å²) in [6.45, 7) is 8.95. The van der Waals surface area contributed by atoms with Gasteiger partial charge in [-0.3, -0.25) is 9.59 Å². The lowest BCUT2D eigenvalue weighted by molar-refractivity contribution is -0.169. The van der Waals surface area contributed by atoms with Gasteiger partial charge in [0.25, 0.3) is 0 Å². The fourth-order valence-corrected chi connectivity index (χ4v) is 2.06. The van der Waals surface area contributed by atoms with Crippen molar-refractivity contribution in [3.8, 4) is 11.5 Å². The highest BCUT2D eigenvalue weighted by Gasteiger charge is 2.26. The van der Waals surface area contributed by atoms with Crippen LogP contribution in [0.15, 0.2) is 18.2 Å². The number of phenolic OH excluding ortho intramolecular Hbond substituents is 2. The largest absolute Gasteiger partial charge is 0.504 e. The molecule has 0 aliphatic carbocycles. The van der Waals surface area contributed by atoms with Crippen molar-refractivity contribution in [3.05, 3.63) is 23.8 Å². The molecule has 0 aromatic heterocycles. The molecule has 0 bridgehead atoms. The molecular formula is C19H29NO6. The van der Waals surface area contributed by atoms with E-state index in [1.807, 2.05) is 13.8 Å². The van der Waals surface area contributed by atoms with Gasteiger partial charge in [-0.2, -0.15) is 0 Å². The lowest BCUT2D eigenvalue weighted by Crippen LogP contribution is -2.40. The van der Waals surface area contributed by atoms with E-state index in [1.165, 1.54) is 12.1 Å². The summed E-state index contributed by atoms with van der Waals surface area (Å²) in [6, 6.07) is 3.27. The van der Waals surface area contributed by atoms with Crippen molar-refractivity contribution >= 4 is 11.9 Å². The number of benzene rings is 1. The Hall–Kier alpha value is -2.28. The van der Waals surface area contributed by atoms with E-state index in [2.05, 4.69) is 0 Å². The third-order valence-corrected chi connectivity index (χ3v) is 4.44. The van der Waals surface area contributed by atoms with Gasteiger partial charge in [0.05, 0.1) is 5.92 Å². The van der Waals surface area contributed by atoms with Gasteiger partial charge in [-0.25, -0.2) is 0 Å². The quantitative estimate of drug-likeness (QED) is 0.475. The van der Waals surface area contributed by atoms with Gasteiger partial charge in [0.1, 0.15) is 18.2 Å². The van der Waals surface area contributed by atoms with Crippen LogP contribution in [0.1, 0.15) is 40.2 Å². The van der Waals surface area contributed by atoms with E-state index >= 15 is 0 Å². The summed E-state index contributed by atoms with van der Waals surface area (Å²) in [5, 5.41) is 18.8. The van der Waals surface area contributed by atoms with Crippen molar-refractivity contribution in [2.45, 2.75) is 59.3 Å². The van der Waals surface area contributed by atoms with Crippen molar-refractivity contribution in [2.24, 2.45) is 17.6 Å². The number of carbonyl (C=O) groups excluding carboxylic acids is 2. The Morgan fingerprint density at radius 3 is 2.00 bits per heavy atom. The van der Waals surface area contributed by atoms with Crippen LogP contribution < -0.4 is 5.73 Å². The average Bonchev–Trinajstić information content (AvgIpc) is 2.56. The number of phenols is 2. The van der Waals surface area contributed by atoms with Crippen LogP contribution in [0.25, 0.3) is 0 Å². The molecule has 0 spiro atoms. The molecule has 0 saturated carbocycles. The second kappa shape index (κ2) is 9.43. The van der Waals surface area contributed by atoms with E-state index in [0.717, 1.165) is 0 Å². The molecule has 7 nitrogen and oxygen atoms in total. The van der Waals surface area contributed by atoms with Gasteiger partial charge in [0, 0.05) is 0 Å². The first-order valence-electron chi connectivity index (χ1n) is 8.70. The predicted octanol–water partition coefficient (Wildman–Crippen LogP) is 2.12. The molecule has 4 atom stereocenters. The first-order chi connectivity index (χ1) is 12.0. The summed E-state index contributed by atoms with van der Waals surface area (Å²) >= 11 is 0. The molecule has 26 heavy (non-hydrogen) atoms. The molecule has 0 aliphatic rings. The van der Waals surface area contributed by atoms with E-state index in [-0.39, 0.29) is 35.7 Å². The zero-order valence-corrected chi connectivity index (χ0v) is 15.9. The van der Waals surface area contributed by atoms with Gasteiger partial charge in [-0.05, 0) is 43.9 Å². The Morgan fingerprint density at radius 2 is 1.50 bits per heavy atom. The van der Waals surface area contributed by atoms with Crippen LogP contribution in [0.3, 0.4) is 0 Å². The fourth-order valence-electron chi connectivity index (χ4n) is 2.06. The van der Waals surface area contributed by atoms with E-state index in [9.17, 15) is 19.8 Å². The summed E-state index contributed by atoms with van der Waals surface area (Å²) in [5.41, 5.74) is 6.43. The number of esters is 2. The summed E-state index contributed by atoms with van der Waals surface area (Å²) < 4.78 is 10.6. The Morgan fingerprint density at radius 1 is 0.962 bits per heavy atom. The molecule has 1 aromatic rings. The third kappa shape index (κ3) is 6.22. The topological polar surface area (TPSA) is 119 Å². The van der Waals surface area contributed by atoms with Gasteiger partial charge in [0.2, 0.25) is 0 Å². The number of aromatic hydroxyl groups is 2. The normalized spacial score (nSPS) is 15.8. The molecule has 0 fully saturated rings. The van der Waals surface area contributed by atoms with Gasteiger partial charge in [-0.15, -0.1) is 0 Å². The number of nitrogens with two attached hydrogens (primary N) is 1. The molecule has 0 amide bonds. The lowest BCUT2D eigenvalue weighted by atomic mass is 9.98. The van der Waals surface area contributed by atoms with Crippen LogP contribution in [-0.4, -0.2) is 40.4 Å². The van der Waals surface area contributed by atoms with Gasteiger partial charge in [0.15, 0.2) is 11.5 Å². The van der Waals surface area contributed by atoms with Crippen LogP contribution in [0.5, 0.6) is 11.5 Å². The molecule has 7 heteroatoms. The predicted molar refractivity (Wildman–Crippen MR) is 96.6 cm³/mol. The first kappa shape index (κ1) is 21.8. The van der Waals surface area contributed by atoms with Gasteiger partial charge < -0.3 is 25.4 Å². The van der Waals surface area contributed by atoms with E-state index in [4.69, 9.17) is 15.2 Å². The van der Waals surface area contributed by atoms with Crippen LogP contribution in [0.2, 0.25) is 0 Å². The smallest absolute Gasteiger partial charge is 0.323 e. The maximum atomic E-state index is 12.1. The number of rotatable bonds is 8. The number of ether oxygens (including phenoxy) is 2. The van der Waals surface area contributed by atoms with Crippen molar-refractivity contribution in [2.75, 3.05) is 0 Å². The van der Waals surface area contributed by atoms with Gasteiger partial charge >= 0.3 is 11.9 Å². The minimum Gasteiger partial charge on any atom is -0.504 e. The second-order valence-electron chi connectivity index (χ2n) is 6.95. The molecule has 1 rings (SSSR count). The van der Waals surface area contributed by atoms with Crippen LogP contribution >= 0.6 is 0 Å². The highest BCUT2D eigenvalue weighted by atomic mass is 16.6. The van der Waals surface area contributed by atoms with Crippen molar-refractivity contribution < 1.29 is 29.3 Å². The summed E-state index contributed by atoms with van der Waals surface area (Å²) in [6.07, 6.45) is -1.11. The van der Waals surface area contributed by atoms with E-state index in [1.54, 1.807) is 26.8 Å². The highest BCUT2D eigenvalue weighted by Crippen LogP contribution is 2.25. The number of hydrogen-bond acceptors (Lipinski definition) is 7. The zero-order valence-electron chi connectivity index (χ0n) is 15.9. The molecule has 4 N–H and O–H groups in total. The highest BCUT2D eigenvalue weighted by molar-refractivity contribution is 5.76. The SMILES string of the molecule is CC(C)C(C)C(=O)O[C@@H](C)[C@H](C)OC(=O)[C@@H](N)Cc1ccc(O)c(O)c1. The van der Waals surface area contributed by atoms with Crippen LogP contribution in [-0.2, 0) is 25.5 Å². The van der Waals surface area contributed by atoms with Crippen molar-refractivity contribution in [1.82, 2.24) is 0 Å². The molecule has 1 aromatic carbocycles. The van der Waals surface area contributed by atoms with Crippen LogP contribution in [0, 0.1) is 11.8 Å². The average molecular weight is 367 g/mol.